The molecular formula is C14H27N3O3. The maximum absolute atomic E-state index is 11.8. The number of hydrogen-bond donors (Lipinski definition) is 2. The van der Waals surface area contributed by atoms with Gasteiger partial charge in [-0.05, 0) is 32.1 Å². The number of urea groups is 1. The zero-order valence-electron chi connectivity index (χ0n) is 12.2. The molecule has 0 aromatic heterocycles. The molecule has 1 saturated heterocycles. The highest BCUT2D eigenvalue weighted by Gasteiger charge is 2.19. The molecule has 0 bridgehead atoms. The number of amides is 2. The molecule has 0 spiro atoms. The van der Waals surface area contributed by atoms with Crippen LogP contribution in [0.5, 0.6) is 0 Å². The highest BCUT2D eigenvalue weighted by atomic mass is 16.5. The van der Waals surface area contributed by atoms with Crippen LogP contribution >= 0.6 is 0 Å². The first-order valence-corrected chi connectivity index (χ1v) is 7.73. The topological polar surface area (TPSA) is 76.8 Å². The Morgan fingerprint density at radius 2 is 1.95 bits per heavy atom. The van der Waals surface area contributed by atoms with Crippen molar-refractivity contribution in [1.29, 1.82) is 0 Å². The summed E-state index contributed by atoms with van der Waals surface area (Å²) in [7, 11) is 0. The second kappa shape index (κ2) is 8.44. The van der Waals surface area contributed by atoms with Gasteiger partial charge in [0.2, 0.25) is 0 Å². The number of nitrogens with one attached hydrogen (secondary N) is 1. The molecule has 0 aromatic rings. The van der Waals surface area contributed by atoms with Gasteiger partial charge in [-0.15, -0.1) is 0 Å². The van der Waals surface area contributed by atoms with Gasteiger partial charge in [-0.25, -0.2) is 4.79 Å². The lowest BCUT2D eigenvalue weighted by Crippen LogP contribution is -2.46. The summed E-state index contributed by atoms with van der Waals surface area (Å²) < 4.78 is 11.0. The maximum atomic E-state index is 11.8. The van der Waals surface area contributed by atoms with Crippen molar-refractivity contribution in [2.75, 3.05) is 39.5 Å². The summed E-state index contributed by atoms with van der Waals surface area (Å²) in [4.78, 5) is 13.6. The molecule has 1 saturated carbocycles. The number of ether oxygens (including phenoxy) is 2. The fourth-order valence-electron chi connectivity index (χ4n) is 2.65. The molecule has 2 amide bonds. The standard InChI is InChI=1S/C14H27N3O3/c15-12-2-4-13(5-3-12)20-9-1-6-16-14(18)17-7-10-19-11-8-17/h12-13H,1-11,15H2,(H,16,18). The summed E-state index contributed by atoms with van der Waals surface area (Å²) in [6.07, 6.45) is 5.50. The van der Waals surface area contributed by atoms with Gasteiger partial charge in [0.25, 0.3) is 0 Å². The van der Waals surface area contributed by atoms with Crippen molar-refractivity contribution in [2.45, 2.75) is 44.2 Å². The molecule has 2 fully saturated rings. The van der Waals surface area contributed by atoms with Crippen LogP contribution in [0.25, 0.3) is 0 Å². The van der Waals surface area contributed by atoms with Crippen molar-refractivity contribution in [2.24, 2.45) is 5.73 Å². The Kier molecular flexibility index (Phi) is 6.56. The number of nitrogens with two attached hydrogens (primary N) is 1. The number of carbonyl (C=O) groups is 1. The summed E-state index contributed by atoms with van der Waals surface area (Å²) in [6.45, 7) is 4.03. The average Bonchev–Trinajstić information content (AvgIpc) is 2.49. The van der Waals surface area contributed by atoms with Crippen LogP contribution in [0.2, 0.25) is 0 Å². The molecule has 1 aliphatic heterocycles. The molecule has 20 heavy (non-hydrogen) atoms. The van der Waals surface area contributed by atoms with Crippen molar-refractivity contribution in [3.8, 4) is 0 Å². The molecule has 1 aliphatic carbocycles. The maximum Gasteiger partial charge on any atom is 0.317 e. The third kappa shape index (κ3) is 5.26. The summed E-state index contributed by atoms with van der Waals surface area (Å²) in [5, 5.41) is 2.93. The third-order valence-electron chi connectivity index (χ3n) is 3.97. The van der Waals surface area contributed by atoms with E-state index in [2.05, 4.69) is 5.32 Å². The van der Waals surface area contributed by atoms with Crippen LogP contribution in [0.4, 0.5) is 4.79 Å². The molecule has 0 unspecified atom stereocenters. The summed E-state index contributed by atoms with van der Waals surface area (Å²) >= 11 is 0. The van der Waals surface area contributed by atoms with E-state index >= 15 is 0 Å². The van der Waals surface area contributed by atoms with E-state index in [9.17, 15) is 4.79 Å². The van der Waals surface area contributed by atoms with E-state index in [1.54, 1.807) is 4.90 Å². The Morgan fingerprint density at radius 3 is 2.65 bits per heavy atom. The quantitative estimate of drug-likeness (QED) is 0.729. The minimum Gasteiger partial charge on any atom is -0.378 e. The first-order valence-electron chi connectivity index (χ1n) is 7.73. The zero-order chi connectivity index (χ0) is 14.2. The zero-order valence-corrected chi connectivity index (χ0v) is 12.2. The van der Waals surface area contributed by atoms with Gasteiger partial charge >= 0.3 is 6.03 Å². The summed E-state index contributed by atoms with van der Waals surface area (Å²) in [5.41, 5.74) is 5.86. The van der Waals surface area contributed by atoms with E-state index in [-0.39, 0.29) is 6.03 Å². The van der Waals surface area contributed by atoms with Gasteiger partial charge in [-0.3, -0.25) is 0 Å². The number of hydrogen-bond acceptors (Lipinski definition) is 4. The lowest BCUT2D eigenvalue weighted by atomic mass is 9.94. The van der Waals surface area contributed by atoms with E-state index in [1.165, 1.54) is 0 Å². The fraction of sp³-hybridized carbons (Fsp3) is 0.929. The Hall–Kier alpha value is -0.850. The molecule has 116 valence electrons. The van der Waals surface area contributed by atoms with E-state index in [0.717, 1.165) is 32.1 Å². The van der Waals surface area contributed by atoms with E-state index in [0.29, 0.717) is 51.6 Å². The molecular weight excluding hydrogens is 258 g/mol. The number of carbonyl (C=O) groups excluding carboxylic acids is 1. The largest absolute Gasteiger partial charge is 0.378 e. The van der Waals surface area contributed by atoms with Crippen molar-refractivity contribution < 1.29 is 14.3 Å². The van der Waals surface area contributed by atoms with Crippen molar-refractivity contribution in [3.05, 3.63) is 0 Å². The number of nitrogens with zero attached hydrogens (tertiary/aromatic N) is 1. The minimum absolute atomic E-state index is 0.0111. The fourth-order valence-corrected chi connectivity index (χ4v) is 2.65. The van der Waals surface area contributed by atoms with Crippen LogP contribution in [-0.2, 0) is 9.47 Å². The highest BCUT2D eigenvalue weighted by molar-refractivity contribution is 5.74. The predicted octanol–water partition coefficient (Wildman–Crippen LogP) is 0.705. The summed E-state index contributed by atoms with van der Waals surface area (Å²) in [6, 6.07) is 0.375. The first-order chi connectivity index (χ1) is 9.75. The Labute approximate surface area is 121 Å². The Balaban J connectivity index is 1.47. The molecule has 6 nitrogen and oxygen atoms in total. The Bertz CT molecular complexity index is 287. The smallest absolute Gasteiger partial charge is 0.317 e. The van der Waals surface area contributed by atoms with Crippen molar-refractivity contribution in [1.82, 2.24) is 10.2 Å². The molecule has 6 heteroatoms. The molecule has 2 aliphatic rings. The van der Waals surface area contributed by atoms with Gasteiger partial charge in [0.15, 0.2) is 0 Å². The van der Waals surface area contributed by atoms with Crippen LogP contribution in [-0.4, -0.2) is 62.5 Å². The summed E-state index contributed by atoms with van der Waals surface area (Å²) in [5.74, 6) is 0. The van der Waals surface area contributed by atoms with Gasteiger partial charge in [0.05, 0.1) is 19.3 Å². The number of rotatable bonds is 5. The van der Waals surface area contributed by atoms with Gasteiger partial charge in [0, 0.05) is 32.3 Å². The van der Waals surface area contributed by atoms with Crippen LogP contribution in [0.3, 0.4) is 0 Å². The highest BCUT2D eigenvalue weighted by Crippen LogP contribution is 2.19. The average molecular weight is 285 g/mol. The van der Waals surface area contributed by atoms with E-state index in [1.807, 2.05) is 0 Å². The van der Waals surface area contributed by atoms with Gasteiger partial charge < -0.3 is 25.4 Å². The molecule has 1 heterocycles. The van der Waals surface area contributed by atoms with Gasteiger partial charge in [-0.1, -0.05) is 0 Å². The number of morpholine rings is 1. The van der Waals surface area contributed by atoms with Crippen molar-refractivity contribution in [3.63, 3.8) is 0 Å². The second-order valence-corrected chi connectivity index (χ2v) is 5.59. The SMILES string of the molecule is NC1CCC(OCCCNC(=O)N2CCOCC2)CC1. The third-order valence-corrected chi connectivity index (χ3v) is 3.97. The Morgan fingerprint density at radius 1 is 1.25 bits per heavy atom. The lowest BCUT2D eigenvalue weighted by Gasteiger charge is -2.27. The van der Waals surface area contributed by atoms with Gasteiger partial charge in [-0.2, -0.15) is 0 Å². The molecule has 0 atom stereocenters. The van der Waals surface area contributed by atoms with E-state index < -0.39 is 0 Å². The molecule has 0 aromatic carbocycles. The van der Waals surface area contributed by atoms with E-state index in [4.69, 9.17) is 15.2 Å². The molecule has 3 N–H and O–H groups in total. The van der Waals surface area contributed by atoms with Crippen molar-refractivity contribution >= 4 is 6.03 Å². The normalized spacial score (nSPS) is 27.4. The first kappa shape index (κ1) is 15.5. The predicted molar refractivity (Wildman–Crippen MR) is 76.6 cm³/mol. The van der Waals surface area contributed by atoms with Crippen LogP contribution in [0.15, 0.2) is 0 Å². The van der Waals surface area contributed by atoms with Crippen LogP contribution in [0.1, 0.15) is 32.1 Å². The monoisotopic (exact) mass is 285 g/mol. The second-order valence-electron chi connectivity index (χ2n) is 5.59. The van der Waals surface area contributed by atoms with Crippen LogP contribution < -0.4 is 11.1 Å². The van der Waals surface area contributed by atoms with Crippen LogP contribution in [0, 0.1) is 0 Å². The van der Waals surface area contributed by atoms with Gasteiger partial charge in [0.1, 0.15) is 0 Å². The molecule has 0 radical (unpaired) electrons. The minimum atomic E-state index is 0.0111. The molecule has 2 rings (SSSR count). The lowest BCUT2D eigenvalue weighted by molar-refractivity contribution is 0.0238.